The number of hydrogen-bond acceptors (Lipinski definition) is 3. The van der Waals surface area contributed by atoms with Crippen molar-refractivity contribution in [2.24, 2.45) is 0 Å². The molecule has 3 nitrogen and oxygen atoms in total. The molecule has 0 N–H and O–H groups in total. The van der Waals surface area contributed by atoms with E-state index in [1.165, 1.54) is 0 Å². The fraction of sp³-hybridized carbons (Fsp3) is 0.0435. The van der Waals surface area contributed by atoms with Crippen molar-refractivity contribution in [3.63, 3.8) is 0 Å². The highest BCUT2D eigenvalue weighted by Gasteiger charge is 2.09. The molecule has 0 amide bonds. The van der Waals surface area contributed by atoms with E-state index in [0.717, 1.165) is 22.2 Å². The third kappa shape index (κ3) is 4.33. The molecule has 0 aliphatic rings. The third-order valence-electron chi connectivity index (χ3n) is 4.17. The Kier molecular flexibility index (Phi) is 5.56. The Morgan fingerprint density at radius 3 is 2.25 bits per heavy atom. The van der Waals surface area contributed by atoms with Crippen LogP contribution >= 0.6 is 23.2 Å². The molecule has 0 bridgehead atoms. The maximum atomic E-state index is 6.27. The zero-order valence-electron chi connectivity index (χ0n) is 14.8. The van der Waals surface area contributed by atoms with Crippen molar-refractivity contribution in [1.29, 1.82) is 0 Å². The summed E-state index contributed by atoms with van der Waals surface area (Å²) >= 11 is 12.2. The van der Waals surface area contributed by atoms with Crippen LogP contribution in [0.4, 0.5) is 0 Å². The molecular formula is C23H16Cl2N2O. The lowest BCUT2D eigenvalue weighted by Gasteiger charge is -2.09. The largest absolute Gasteiger partial charge is 0.471 e. The van der Waals surface area contributed by atoms with Crippen LogP contribution in [0.15, 0.2) is 72.8 Å². The van der Waals surface area contributed by atoms with Gasteiger partial charge in [-0.15, -0.1) is 0 Å². The van der Waals surface area contributed by atoms with Crippen molar-refractivity contribution in [2.45, 2.75) is 6.61 Å². The van der Waals surface area contributed by atoms with Gasteiger partial charge in [-0.1, -0.05) is 77.8 Å². The Hall–Kier alpha value is -2.88. The Morgan fingerprint density at radius 2 is 1.50 bits per heavy atom. The van der Waals surface area contributed by atoms with E-state index in [1.54, 1.807) is 12.1 Å². The Labute approximate surface area is 173 Å². The van der Waals surface area contributed by atoms with E-state index in [2.05, 4.69) is 4.98 Å². The summed E-state index contributed by atoms with van der Waals surface area (Å²) in [6, 6.07) is 23.0. The average molecular weight is 407 g/mol. The maximum absolute atomic E-state index is 6.27. The highest BCUT2D eigenvalue weighted by atomic mass is 35.5. The van der Waals surface area contributed by atoms with Crippen LogP contribution in [0, 0.1) is 0 Å². The number of hydrogen-bond donors (Lipinski definition) is 0. The molecule has 0 saturated carbocycles. The molecule has 138 valence electrons. The summed E-state index contributed by atoms with van der Waals surface area (Å²) in [4.78, 5) is 9.36. The van der Waals surface area contributed by atoms with Crippen LogP contribution in [0.3, 0.4) is 0 Å². The molecule has 3 aromatic carbocycles. The topological polar surface area (TPSA) is 35.0 Å². The van der Waals surface area contributed by atoms with E-state index in [0.29, 0.717) is 28.2 Å². The van der Waals surface area contributed by atoms with Crippen LogP contribution in [0.5, 0.6) is 5.88 Å². The number of para-hydroxylation sites is 2. The average Bonchev–Trinajstić information content (AvgIpc) is 2.72. The van der Waals surface area contributed by atoms with E-state index in [1.807, 2.05) is 72.8 Å². The van der Waals surface area contributed by atoms with E-state index in [4.69, 9.17) is 32.9 Å². The fourth-order valence-electron chi connectivity index (χ4n) is 2.74. The number of aromatic nitrogens is 2. The number of ether oxygens (including phenoxy) is 1. The van der Waals surface area contributed by atoms with Crippen LogP contribution in [0.1, 0.15) is 16.8 Å². The second-order valence-electron chi connectivity index (χ2n) is 6.18. The molecule has 0 radical (unpaired) electrons. The van der Waals surface area contributed by atoms with Gasteiger partial charge in [-0.05, 0) is 41.5 Å². The summed E-state index contributed by atoms with van der Waals surface area (Å²) in [5, 5.41) is 1.17. The summed E-state index contributed by atoms with van der Waals surface area (Å²) < 4.78 is 5.99. The molecule has 0 aliphatic heterocycles. The standard InChI is InChI=1S/C23H16Cl2N2O/c24-18-12-10-17(19(25)14-18)11-13-22-23(28-15-16-6-2-1-3-7-16)27-21-9-5-4-8-20(21)26-22/h1-14H,15H2. The molecule has 5 heteroatoms. The first-order valence-corrected chi connectivity index (χ1v) is 9.51. The monoisotopic (exact) mass is 406 g/mol. The summed E-state index contributed by atoms with van der Waals surface area (Å²) in [7, 11) is 0. The molecule has 0 aliphatic carbocycles. The highest BCUT2D eigenvalue weighted by Crippen LogP contribution is 2.25. The summed E-state index contributed by atoms with van der Waals surface area (Å²) in [6.45, 7) is 0.413. The highest BCUT2D eigenvalue weighted by molar-refractivity contribution is 6.35. The van der Waals surface area contributed by atoms with E-state index in [9.17, 15) is 0 Å². The molecule has 0 atom stereocenters. The van der Waals surface area contributed by atoms with Crippen LogP contribution in [-0.4, -0.2) is 9.97 Å². The van der Waals surface area contributed by atoms with Gasteiger partial charge in [-0.3, -0.25) is 0 Å². The van der Waals surface area contributed by atoms with Gasteiger partial charge in [-0.25, -0.2) is 9.97 Å². The SMILES string of the molecule is Clc1ccc(C=Cc2nc3ccccc3nc2OCc2ccccc2)c(Cl)c1. The van der Waals surface area contributed by atoms with Crippen LogP contribution in [0.2, 0.25) is 10.0 Å². The number of halogens is 2. The zero-order valence-corrected chi connectivity index (χ0v) is 16.4. The van der Waals surface area contributed by atoms with Crippen molar-refractivity contribution in [3.8, 4) is 5.88 Å². The minimum Gasteiger partial charge on any atom is -0.471 e. The van der Waals surface area contributed by atoms with Gasteiger partial charge in [0.2, 0.25) is 5.88 Å². The number of benzene rings is 3. The van der Waals surface area contributed by atoms with Crippen LogP contribution in [0.25, 0.3) is 23.2 Å². The van der Waals surface area contributed by atoms with Crippen LogP contribution in [-0.2, 0) is 6.61 Å². The molecule has 4 aromatic rings. The number of nitrogens with zero attached hydrogens (tertiary/aromatic N) is 2. The summed E-state index contributed by atoms with van der Waals surface area (Å²) in [5.41, 5.74) is 4.13. The van der Waals surface area contributed by atoms with E-state index < -0.39 is 0 Å². The molecule has 4 rings (SSSR count). The van der Waals surface area contributed by atoms with Gasteiger partial charge in [-0.2, -0.15) is 0 Å². The van der Waals surface area contributed by atoms with Gasteiger partial charge >= 0.3 is 0 Å². The normalized spacial score (nSPS) is 11.2. The molecule has 0 unspecified atom stereocenters. The van der Waals surface area contributed by atoms with Gasteiger partial charge in [0.05, 0.1) is 11.0 Å². The Bertz CT molecular complexity index is 1140. The van der Waals surface area contributed by atoms with Crippen molar-refractivity contribution >= 4 is 46.4 Å². The second-order valence-corrected chi connectivity index (χ2v) is 7.02. The minimum atomic E-state index is 0.413. The van der Waals surface area contributed by atoms with Crippen LogP contribution < -0.4 is 4.74 Å². The third-order valence-corrected chi connectivity index (χ3v) is 4.73. The van der Waals surface area contributed by atoms with E-state index >= 15 is 0 Å². The van der Waals surface area contributed by atoms with Crippen molar-refractivity contribution < 1.29 is 4.74 Å². The fourth-order valence-corrected chi connectivity index (χ4v) is 3.22. The molecule has 28 heavy (non-hydrogen) atoms. The van der Waals surface area contributed by atoms with Gasteiger partial charge in [0, 0.05) is 10.0 Å². The predicted octanol–water partition coefficient (Wildman–Crippen LogP) is 6.69. The lowest BCUT2D eigenvalue weighted by molar-refractivity contribution is 0.293. The van der Waals surface area contributed by atoms with Gasteiger partial charge in [0.15, 0.2) is 0 Å². The summed E-state index contributed by atoms with van der Waals surface area (Å²) in [6.07, 6.45) is 3.74. The molecule has 1 heterocycles. The first kappa shape index (κ1) is 18.5. The first-order chi connectivity index (χ1) is 13.7. The lowest BCUT2D eigenvalue weighted by atomic mass is 10.2. The number of rotatable bonds is 5. The predicted molar refractivity (Wildman–Crippen MR) is 116 cm³/mol. The Morgan fingerprint density at radius 1 is 0.786 bits per heavy atom. The van der Waals surface area contributed by atoms with Gasteiger partial charge in [0.1, 0.15) is 12.3 Å². The van der Waals surface area contributed by atoms with Gasteiger partial charge < -0.3 is 4.74 Å². The van der Waals surface area contributed by atoms with E-state index in [-0.39, 0.29) is 0 Å². The molecule has 0 spiro atoms. The maximum Gasteiger partial charge on any atom is 0.240 e. The lowest BCUT2D eigenvalue weighted by Crippen LogP contribution is -2.01. The first-order valence-electron chi connectivity index (χ1n) is 8.76. The molecule has 0 saturated heterocycles. The summed E-state index contributed by atoms with van der Waals surface area (Å²) in [5.74, 6) is 0.476. The van der Waals surface area contributed by atoms with Crippen molar-refractivity contribution in [2.75, 3.05) is 0 Å². The van der Waals surface area contributed by atoms with Crippen molar-refractivity contribution in [3.05, 3.63) is 99.7 Å². The molecule has 1 aromatic heterocycles. The molecular weight excluding hydrogens is 391 g/mol. The second kappa shape index (κ2) is 8.42. The molecule has 0 fully saturated rings. The van der Waals surface area contributed by atoms with Gasteiger partial charge in [0.25, 0.3) is 0 Å². The smallest absolute Gasteiger partial charge is 0.240 e. The Balaban J connectivity index is 1.69. The quantitative estimate of drug-likeness (QED) is 0.370. The number of fused-ring (bicyclic) bond motifs is 1. The van der Waals surface area contributed by atoms with Crippen molar-refractivity contribution in [1.82, 2.24) is 9.97 Å². The zero-order chi connectivity index (χ0) is 19.3. The minimum absolute atomic E-state index is 0.413.